The highest BCUT2D eigenvalue weighted by Crippen LogP contribution is 2.38. The van der Waals surface area contributed by atoms with Crippen molar-refractivity contribution in [3.05, 3.63) is 20.3 Å². The van der Waals surface area contributed by atoms with Crippen LogP contribution in [0.2, 0.25) is 0 Å². The zero-order valence-corrected chi connectivity index (χ0v) is 13.0. The van der Waals surface area contributed by atoms with Crippen LogP contribution >= 0.6 is 27.3 Å². The van der Waals surface area contributed by atoms with E-state index in [9.17, 15) is 4.79 Å². The number of piperidine rings is 1. The van der Waals surface area contributed by atoms with Crippen LogP contribution in [-0.4, -0.2) is 23.4 Å². The molecule has 0 aromatic carbocycles. The van der Waals surface area contributed by atoms with Crippen LogP contribution in [0.15, 0.2) is 9.85 Å². The Morgan fingerprint density at radius 3 is 2.89 bits per heavy atom. The standard InChI is InChI=1S/C14H18BrNOS/c1-9-8-12(18-13(9)15)14(17)16-7-3-5-10-4-2-6-11(10)16/h8,10-11H,2-7H2,1H3. The van der Waals surface area contributed by atoms with E-state index in [0.29, 0.717) is 6.04 Å². The minimum Gasteiger partial charge on any atom is -0.335 e. The molecule has 1 aromatic heterocycles. The molecule has 4 heteroatoms. The number of carbonyl (C=O) groups excluding carboxylic acids is 1. The first-order valence-electron chi connectivity index (χ1n) is 6.73. The normalized spacial score (nSPS) is 27.3. The molecule has 1 aromatic rings. The molecule has 98 valence electrons. The van der Waals surface area contributed by atoms with Crippen molar-refractivity contribution in [3.63, 3.8) is 0 Å². The molecule has 0 N–H and O–H groups in total. The van der Waals surface area contributed by atoms with Gasteiger partial charge in [0.15, 0.2) is 0 Å². The minimum atomic E-state index is 0.255. The molecule has 2 atom stereocenters. The number of rotatable bonds is 1. The summed E-state index contributed by atoms with van der Waals surface area (Å²) < 4.78 is 1.09. The number of thiophene rings is 1. The van der Waals surface area contributed by atoms with Gasteiger partial charge in [-0.2, -0.15) is 0 Å². The third-order valence-corrected chi connectivity index (χ3v) is 6.45. The maximum absolute atomic E-state index is 12.6. The molecule has 2 unspecified atom stereocenters. The summed E-state index contributed by atoms with van der Waals surface area (Å²) in [6, 6.07) is 2.54. The largest absolute Gasteiger partial charge is 0.335 e. The van der Waals surface area contributed by atoms with E-state index >= 15 is 0 Å². The van der Waals surface area contributed by atoms with Crippen LogP contribution in [0.4, 0.5) is 0 Å². The van der Waals surface area contributed by atoms with Gasteiger partial charge < -0.3 is 4.90 Å². The van der Waals surface area contributed by atoms with Crippen molar-refractivity contribution in [2.75, 3.05) is 6.54 Å². The summed E-state index contributed by atoms with van der Waals surface area (Å²) in [6.07, 6.45) is 6.33. The smallest absolute Gasteiger partial charge is 0.264 e. The van der Waals surface area contributed by atoms with Crippen LogP contribution in [0.1, 0.15) is 47.3 Å². The molecule has 1 aliphatic carbocycles. The first-order chi connectivity index (χ1) is 8.66. The van der Waals surface area contributed by atoms with E-state index in [1.165, 1.54) is 37.7 Å². The van der Waals surface area contributed by atoms with Crippen molar-refractivity contribution in [3.8, 4) is 0 Å². The van der Waals surface area contributed by atoms with Crippen molar-refractivity contribution in [1.29, 1.82) is 0 Å². The van der Waals surface area contributed by atoms with Crippen LogP contribution in [0.25, 0.3) is 0 Å². The Bertz CT molecular complexity index is 451. The lowest BCUT2D eigenvalue weighted by atomic mass is 9.92. The fourth-order valence-electron chi connectivity index (χ4n) is 3.41. The number of amides is 1. The van der Waals surface area contributed by atoms with E-state index in [2.05, 4.69) is 20.8 Å². The summed E-state index contributed by atoms with van der Waals surface area (Å²) in [4.78, 5) is 15.7. The highest BCUT2D eigenvalue weighted by molar-refractivity contribution is 9.11. The predicted molar refractivity (Wildman–Crippen MR) is 78.2 cm³/mol. The quantitative estimate of drug-likeness (QED) is 0.756. The molecule has 2 heterocycles. The highest BCUT2D eigenvalue weighted by atomic mass is 79.9. The fraction of sp³-hybridized carbons (Fsp3) is 0.643. The Hall–Kier alpha value is -0.350. The average molecular weight is 328 g/mol. The van der Waals surface area contributed by atoms with E-state index in [4.69, 9.17) is 0 Å². The number of aryl methyl sites for hydroxylation is 1. The Morgan fingerprint density at radius 2 is 2.17 bits per heavy atom. The number of fused-ring (bicyclic) bond motifs is 1. The lowest BCUT2D eigenvalue weighted by molar-refractivity contribution is 0.0553. The number of hydrogen-bond acceptors (Lipinski definition) is 2. The molecule has 18 heavy (non-hydrogen) atoms. The van der Waals surface area contributed by atoms with E-state index in [0.717, 1.165) is 21.1 Å². The molecule has 1 aliphatic heterocycles. The number of hydrogen-bond donors (Lipinski definition) is 0. The van der Waals surface area contributed by atoms with Crippen LogP contribution in [0, 0.1) is 12.8 Å². The molecular formula is C14H18BrNOS. The third-order valence-electron chi connectivity index (χ3n) is 4.32. The number of carbonyl (C=O) groups is 1. The van der Waals surface area contributed by atoms with Gasteiger partial charge in [-0.15, -0.1) is 11.3 Å². The van der Waals surface area contributed by atoms with Crippen molar-refractivity contribution in [1.82, 2.24) is 4.90 Å². The average Bonchev–Trinajstić information content (AvgIpc) is 2.95. The molecule has 1 saturated carbocycles. The summed E-state index contributed by atoms with van der Waals surface area (Å²) >= 11 is 5.09. The van der Waals surface area contributed by atoms with Gasteiger partial charge in [0.1, 0.15) is 0 Å². The molecular weight excluding hydrogens is 310 g/mol. The van der Waals surface area contributed by atoms with E-state index in [1.54, 1.807) is 11.3 Å². The van der Waals surface area contributed by atoms with Gasteiger partial charge in [0, 0.05) is 12.6 Å². The van der Waals surface area contributed by atoms with E-state index in [1.807, 2.05) is 13.0 Å². The lowest BCUT2D eigenvalue weighted by Gasteiger charge is -2.37. The summed E-state index contributed by atoms with van der Waals surface area (Å²) in [7, 11) is 0. The summed E-state index contributed by atoms with van der Waals surface area (Å²) in [6.45, 7) is 3.00. The Balaban J connectivity index is 1.83. The third kappa shape index (κ3) is 2.14. The topological polar surface area (TPSA) is 20.3 Å². The van der Waals surface area contributed by atoms with Crippen LogP contribution in [0.5, 0.6) is 0 Å². The van der Waals surface area contributed by atoms with Gasteiger partial charge in [-0.3, -0.25) is 4.79 Å². The van der Waals surface area contributed by atoms with E-state index < -0.39 is 0 Å². The summed E-state index contributed by atoms with van der Waals surface area (Å²) in [5.74, 6) is 1.03. The Labute approximate surface area is 120 Å². The van der Waals surface area contributed by atoms with Gasteiger partial charge in [0.2, 0.25) is 0 Å². The monoisotopic (exact) mass is 327 g/mol. The second-order valence-electron chi connectivity index (χ2n) is 5.47. The van der Waals surface area contributed by atoms with Crippen molar-refractivity contribution >= 4 is 33.2 Å². The van der Waals surface area contributed by atoms with Gasteiger partial charge in [0.05, 0.1) is 8.66 Å². The first-order valence-corrected chi connectivity index (χ1v) is 8.34. The van der Waals surface area contributed by atoms with Crippen LogP contribution < -0.4 is 0 Å². The number of nitrogens with zero attached hydrogens (tertiary/aromatic N) is 1. The Morgan fingerprint density at radius 1 is 1.39 bits per heavy atom. The molecule has 0 radical (unpaired) electrons. The zero-order valence-electron chi connectivity index (χ0n) is 10.6. The molecule has 1 amide bonds. The predicted octanol–water partition coefficient (Wildman–Crippen LogP) is 4.22. The van der Waals surface area contributed by atoms with Gasteiger partial charge >= 0.3 is 0 Å². The number of likely N-dealkylation sites (tertiary alicyclic amines) is 1. The molecule has 0 bridgehead atoms. The fourth-order valence-corrected chi connectivity index (χ4v) is 4.90. The van der Waals surface area contributed by atoms with Crippen molar-refractivity contribution in [2.24, 2.45) is 5.92 Å². The van der Waals surface area contributed by atoms with Crippen molar-refractivity contribution in [2.45, 2.75) is 45.1 Å². The van der Waals surface area contributed by atoms with Gasteiger partial charge in [-0.1, -0.05) is 6.42 Å². The van der Waals surface area contributed by atoms with Gasteiger partial charge in [0.25, 0.3) is 5.91 Å². The molecule has 2 aliphatic rings. The number of halogens is 1. The minimum absolute atomic E-state index is 0.255. The summed E-state index contributed by atoms with van der Waals surface area (Å²) in [5, 5.41) is 0. The second kappa shape index (κ2) is 4.97. The molecule has 0 spiro atoms. The SMILES string of the molecule is Cc1cc(C(=O)N2CCCC3CCCC32)sc1Br. The van der Waals surface area contributed by atoms with Gasteiger partial charge in [-0.05, 0) is 66.1 Å². The zero-order chi connectivity index (χ0) is 12.7. The lowest BCUT2D eigenvalue weighted by Crippen LogP contribution is -2.45. The first kappa shape index (κ1) is 12.7. The molecule has 1 saturated heterocycles. The van der Waals surface area contributed by atoms with Gasteiger partial charge in [-0.25, -0.2) is 0 Å². The second-order valence-corrected chi connectivity index (χ2v) is 7.84. The maximum Gasteiger partial charge on any atom is 0.264 e. The van der Waals surface area contributed by atoms with Crippen molar-refractivity contribution < 1.29 is 4.79 Å². The Kier molecular flexibility index (Phi) is 3.50. The van der Waals surface area contributed by atoms with Crippen LogP contribution in [0.3, 0.4) is 0 Å². The highest BCUT2D eigenvalue weighted by Gasteiger charge is 2.37. The van der Waals surface area contributed by atoms with E-state index in [-0.39, 0.29) is 5.91 Å². The van der Waals surface area contributed by atoms with Crippen LogP contribution in [-0.2, 0) is 0 Å². The maximum atomic E-state index is 12.6. The summed E-state index contributed by atoms with van der Waals surface area (Å²) in [5.41, 5.74) is 1.17. The molecule has 2 fully saturated rings. The molecule has 2 nitrogen and oxygen atoms in total. The molecule has 3 rings (SSSR count).